The summed E-state index contributed by atoms with van der Waals surface area (Å²) in [5, 5.41) is 17.8. The van der Waals surface area contributed by atoms with Gasteiger partial charge in [-0.25, -0.2) is 0 Å². The molecule has 0 aromatic heterocycles. The van der Waals surface area contributed by atoms with Gasteiger partial charge in [0, 0.05) is 91.2 Å². The van der Waals surface area contributed by atoms with E-state index in [1.807, 2.05) is 50.2 Å². The zero-order valence-corrected chi connectivity index (χ0v) is 37.5. The highest BCUT2D eigenvalue weighted by Gasteiger charge is 2.64. The Balaban J connectivity index is 0.805. The topological polar surface area (TPSA) is 172 Å². The third kappa shape index (κ3) is 8.82. The Kier molecular flexibility index (Phi) is 12.0. The van der Waals surface area contributed by atoms with Crippen molar-refractivity contribution < 1.29 is 38.1 Å². The van der Waals surface area contributed by atoms with Gasteiger partial charge in [-0.05, 0) is 92.8 Å². The summed E-state index contributed by atoms with van der Waals surface area (Å²) < 4.78 is 24.9. The molecule has 1 spiro atoms. The van der Waals surface area contributed by atoms with Gasteiger partial charge < -0.3 is 34.5 Å². The quantitative estimate of drug-likeness (QED) is 0.205. The number of imide groups is 1. The molecule has 14 nitrogen and oxygen atoms in total. The molecule has 2 aliphatic carbocycles. The molecule has 3 aromatic carbocycles. The number of rotatable bonds is 11. The number of amides is 4. The summed E-state index contributed by atoms with van der Waals surface area (Å²) in [5.41, 5.74) is 3.64. The van der Waals surface area contributed by atoms with Crippen molar-refractivity contribution in [3.05, 3.63) is 82.4 Å². The second kappa shape index (κ2) is 17.1. The molecule has 2 saturated carbocycles. The van der Waals surface area contributed by atoms with Crippen LogP contribution in [-0.2, 0) is 14.3 Å². The van der Waals surface area contributed by atoms with E-state index in [0.29, 0.717) is 40.8 Å². The third-order valence-corrected chi connectivity index (χ3v) is 14.2. The first-order valence-corrected chi connectivity index (χ1v) is 22.2. The number of morpholine rings is 1. The van der Waals surface area contributed by atoms with E-state index >= 15 is 0 Å². The minimum Gasteiger partial charge on any atom is -0.497 e. The average Bonchev–Trinajstić information content (AvgIpc) is 3.24. The molecule has 63 heavy (non-hydrogen) atoms. The standard InChI is InChI=1S/C49H60N6O8/c1-29-20-36(21-30(2)39(29)27-50)63-46-47(3,4)45(48(46,5)6)53-42(57)31-8-10-33(11-9-31)54-16-14-49(15-17-54)28-55(18-19-61-49)34-24-38(25-34)62-37-23-32(22-35(26-37)60-7)43(58)51-40-12-13-41(56)52-44(40)59/h8-11,20-23,26,34,38,40,45-46H,12-19,24-25,28H2,1-7H3,(H,51,58)(H,53,57)(H,52,56,59)/t34-,38-,40?,45-,46-. The van der Waals surface area contributed by atoms with Crippen LogP contribution in [0.4, 0.5) is 5.69 Å². The Morgan fingerprint density at radius 3 is 2.11 bits per heavy atom. The molecule has 3 aliphatic heterocycles. The first kappa shape index (κ1) is 44.0. The van der Waals surface area contributed by atoms with Gasteiger partial charge in [-0.2, -0.15) is 5.26 Å². The second-order valence-corrected chi connectivity index (χ2v) is 19.4. The fraction of sp³-hybridized carbons (Fsp3) is 0.531. The molecule has 334 valence electrons. The minimum absolute atomic E-state index is 0.00897. The number of carbonyl (C=O) groups excluding carboxylic acids is 4. The molecule has 3 aromatic rings. The number of hydrogen-bond acceptors (Lipinski definition) is 11. The van der Waals surface area contributed by atoms with Crippen molar-refractivity contribution in [2.75, 3.05) is 44.8 Å². The van der Waals surface area contributed by atoms with Gasteiger partial charge in [-0.1, -0.05) is 27.7 Å². The Morgan fingerprint density at radius 1 is 0.841 bits per heavy atom. The number of benzene rings is 3. The predicted octanol–water partition coefficient (Wildman–Crippen LogP) is 5.61. The SMILES string of the molecule is COc1cc(O[C@H]2C[C@H](N3CCOC4(CCN(c5ccc(C(=O)N[C@H]6C(C)(C)[C@H](Oc7cc(C)c(C#N)c(C)c7)C6(C)C)cc5)CC4)C3)C2)cc(C(=O)NC2CCC(=O)NC2=O)c1. The summed E-state index contributed by atoms with van der Waals surface area (Å²) in [5.74, 6) is 0.370. The van der Waals surface area contributed by atoms with Crippen molar-refractivity contribution in [2.24, 2.45) is 10.8 Å². The first-order chi connectivity index (χ1) is 30.0. The lowest BCUT2D eigenvalue weighted by Gasteiger charge is -2.63. The van der Waals surface area contributed by atoms with Crippen LogP contribution < -0.4 is 35.1 Å². The first-order valence-electron chi connectivity index (χ1n) is 22.2. The second-order valence-electron chi connectivity index (χ2n) is 19.4. The van der Waals surface area contributed by atoms with E-state index in [0.717, 1.165) is 74.4 Å². The van der Waals surface area contributed by atoms with Crippen LogP contribution in [0.15, 0.2) is 54.6 Å². The Bertz CT molecular complexity index is 2270. The van der Waals surface area contributed by atoms with Gasteiger partial charge in [0.1, 0.15) is 35.5 Å². The molecule has 3 N–H and O–H groups in total. The van der Waals surface area contributed by atoms with Gasteiger partial charge in [0.25, 0.3) is 11.8 Å². The molecule has 3 saturated heterocycles. The number of anilines is 1. The highest BCUT2D eigenvalue weighted by Crippen LogP contribution is 2.55. The molecule has 1 atom stereocenters. The maximum atomic E-state index is 13.6. The van der Waals surface area contributed by atoms with Gasteiger partial charge in [0.15, 0.2) is 0 Å². The van der Waals surface area contributed by atoms with E-state index in [1.165, 1.54) is 7.11 Å². The van der Waals surface area contributed by atoms with Gasteiger partial charge in [0.2, 0.25) is 11.8 Å². The molecular weight excluding hydrogens is 801 g/mol. The predicted molar refractivity (Wildman–Crippen MR) is 236 cm³/mol. The van der Waals surface area contributed by atoms with E-state index in [1.54, 1.807) is 18.2 Å². The summed E-state index contributed by atoms with van der Waals surface area (Å²) in [6.45, 7) is 16.5. The number of nitriles is 1. The smallest absolute Gasteiger partial charge is 0.252 e. The van der Waals surface area contributed by atoms with Crippen molar-refractivity contribution in [3.8, 4) is 23.3 Å². The molecule has 1 unspecified atom stereocenters. The van der Waals surface area contributed by atoms with E-state index < -0.39 is 17.9 Å². The number of hydrogen-bond donors (Lipinski definition) is 3. The van der Waals surface area contributed by atoms with Crippen LogP contribution in [0.5, 0.6) is 17.2 Å². The lowest BCUT2D eigenvalue weighted by molar-refractivity contribution is -0.164. The number of ether oxygens (including phenoxy) is 4. The van der Waals surface area contributed by atoms with Gasteiger partial charge in [-0.3, -0.25) is 29.4 Å². The molecule has 3 heterocycles. The third-order valence-electron chi connectivity index (χ3n) is 14.2. The largest absolute Gasteiger partial charge is 0.497 e. The van der Waals surface area contributed by atoms with Crippen LogP contribution >= 0.6 is 0 Å². The molecule has 4 amide bonds. The number of aryl methyl sites for hydroxylation is 2. The number of nitrogens with one attached hydrogen (secondary N) is 3. The van der Waals surface area contributed by atoms with Gasteiger partial charge >= 0.3 is 0 Å². The lowest BCUT2D eigenvalue weighted by Crippen LogP contribution is -2.74. The molecule has 14 heteroatoms. The zero-order chi connectivity index (χ0) is 44.8. The Hall–Kier alpha value is -5.65. The lowest BCUT2D eigenvalue weighted by atomic mass is 9.49. The van der Waals surface area contributed by atoms with Crippen molar-refractivity contribution in [1.82, 2.24) is 20.9 Å². The summed E-state index contributed by atoms with van der Waals surface area (Å²) in [6, 6.07) is 18.6. The Labute approximate surface area is 369 Å². The summed E-state index contributed by atoms with van der Waals surface area (Å²) in [4.78, 5) is 55.4. The normalized spacial score (nSPS) is 26.0. The molecule has 5 fully saturated rings. The van der Waals surface area contributed by atoms with Crippen LogP contribution in [0.3, 0.4) is 0 Å². The number of methoxy groups -OCH3 is 1. The maximum absolute atomic E-state index is 13.6. The van der Waals surface area contributed by atoms with Crippen LogP contribution in [0, 0.1) is 36.0 Å². The number of piperidine rings is 2. The number of nitrogens with zero attached hydrogens (tertiary/aromatic N) is 3. The molecule has 5 aliphatic rings. The number of carbonyl (C=O) groups is 4. The fourth-order valence-electron chi connectivity index (χ4n) is 10.9. The van der Waals surface area contributed by atoms with Crippen molar-refractivity contribution in [3.63, 3.8) is 0 Å². The van der Waals surface area contributed by atoms with E-state index in [4.69, 9.17) is 18.9 Å². The van der Waals surface area contributed by atoms with Crippen molar-refractivity contribution in [2.45, 2.75) is 116 Å². The monoisotopic (exact) mass is 860 g/mol. The van der Waals surface area contributed by atoms with Crippen LogP contribution in [0.25, 0.3) is 0 Å². The van der Waals surface area contributed by atoms with Crippen molar-refractivity contribution in [1.29, 1.82) is 5.26 Å². The maximum Gasteiger partial charge on any atom is 0.252 e. The van der Waals surface area contributed by atoms with Crippen molar-refractivity contribution >= 4 is 29.3 Å². The summed E-state index contributed by atoms with van der Waals surface area (Å²) >= 11 is 0. The Morgan fingerprint density at radius 2 is 1.48 bits per heavy atom. The van der Waals surface area contributed by atoms with Gasteiger partial charge in [0.05, 0.1) is 31.0 Å². The highest BCUT2D eigenvalue weighted by molar-refractivity contribution is 6.04. The fourth-order valence-corrected chi connectivity index (χ4v) is 10.9. The molecule has 8 rings (SSSR count). The van der Waals surface area contributed by atoms with Crippen LogP contribution in [-0.4, -0.2) is 104 Å². The van der Waals surface area contributed by atoms with Crippen LogP contribution in [0.2, 0.25) is 0 Å². The van der Waals surface area contributed by atoms with E-state index in [2.05, 4.69) is 59.5 Å². The summed E-state index contributed by atoms with van der Waals surface area (Å²) in [6.07, 6.45) is 3.82. The van der Waals surface area contributed by atoms with E-state index in [9.17, 15) is 24.4 Å². The zero-order valence-electron chi connectivity index (χ0n) is 37.5. The van der Waals surface area contributed by atoms with Crippen LogP contribution in [0.1, 0.15) is 104 Å². The minimum atomic E-state index is -0.777. The van der Waals surface area contributed by atoms with Gasteiger partial charge in [-0.15, -0.1) is 0 Å². The molecule has 0 radical (unpaired) electrons. The summed E-state index contributed by atoms with van der Waals surface area (Å²) in [7, 11) is 1.53. The highest BCUT2D eigenvalue weighted by atomic mass is 16.5. The average molecular weight is 861 g/mol. The molecular formula is C49H60N6O8. The molecule has 0 bridgehead atoms. The van der Waals surface area contributed by atoms with E-state index in [-0.39, 0.29) is 59.3 Å².